The van der Waals surface area contributed by atoms with Gasteiger partial charge in [0.15, 0.2) is 0 Å². The molecule has 206 valence electrons. The minimum absolute atomic E-state index is 0.172. The zero-order valence-electron chi connectivity index (χ0n) is 20.7. The number of aliphatic hydroxyl groups is 5. The average molecular weight is 577 g/mol. The molecule has 1 fully saturated rings. The van der Waals surface area contributed by atoms with E-state index in [9.17, 15) is 15.0 Å². The predicted octanol–water partition coefficient (Wildman–Crippen LogP) is 1.83. The van der Waals surface area contributed by atoms with E-state index in [0.29, 0.717) is 17.2 Å². The van der Waals surface area contributed by atoms with E-state index in [1.165, 1.54) is 6.08 Å². The molecule has 0 heterocycles. The standard InChI is InChI=1S/C22H31BrO5.C4H11NO3/c23-20-14-21(25)19(18(20)10-6-1-2-7-11-22(26)27)13-12-16(24)15-28-17-8-4-3-5-9-17;5-4(1-6,2-7)3-8/h3-5,7-9,11,16,18-21,24-25H,1-2,6,10,12-15H2,(H,26,27);6-8H,1-3,5H2/t16-,18-,19-,20-,21-;/m1./s1. The van der Waals surface area contributed by atoms with Crippen LogP contribution in [0.3, 0.4) is 0 Å². The maximum atomic E-state index is 10.5. The van der Waals surface area contributed by atoms with Crippen molar-refractivity contribution in [3.8, 4) is 5.75 Å². The summed E-state index contributed by atoms with van der Waals surface area (Å²) in [6.45, 7) is -0.953. The van der Waals surface area contributed by atoms with Crippen molar-refractivity contribution < 1.29 is 40.2 Å². The van der Waals surface area contributed by atoms with Gasteiger partial charge >= 0.3 is 5.97 Å². The average Bonchev–Trinajstić information content (AvgIpc) is 3.15. The maximum Gasteiger partial charge on any atom is 0.327 e. The molecular weight excluding hydrogens is 534 g/mol. The molecule has 1 aliphatic carbocycles. The van der Waals surface area contributed by atoms with Gasteiger partial charge in [0.25, 0.3) is 0 Å². The molecule has 0 bridgehead atoms. The first-order valence-electron chi connectivity index (χ1n) is 12.3. The number of ether oxygens (including phenoxy) is 1. The molecule has 0 saturated heterocycles. The van der Waals surface area contributed by atoms with Crippen LogP contribution in [0.4, 0.5) is 0 Å². The van der Waals surface area contributed by atoms with Gasteiger partial charge in [-0.05, 0) is 62.5 Å². The molecule has 0 radical (unpaired) electrons. The third kappa shape index (κ3) is 12.6. The zero-order chi connectivity index (χ0) is 27.0. The van der Waals surface area contributed by atoms with E-state index in [0.717, 1.165) is 44.3 Å². The Labute approximate surface area is 221 Å². The molecular formula is C26H42BrNO8. The van der Waals surface area contributed by atoms with Crippen molar-refractivity contribution in [3.63, 3.8) is 0 Å². The van der Waals surface area contributed by atoms with E-state index in [1.807, 2.05) is 30.3 Å². The third-order valence-electron chi connectivity index (χ3n) is 6.36. The van der Waals surface area contributed by atoms with Crippen molar-refractivity contribution in [2.45, 2.75) is 67.5 Å². The second-order valence-corrected chi connectivity index (χ2v) is 10.5. The number of nitrogens with two attached hydrogens (primary N) is 1. The van der Waals surface area contributed by atoms with Gasteiger partial charge in [-0.1, -0.05) is 46.6 Å². The Morgan fingerprint density at radius 1 is 1.11 bits per heavy atom. The molecule has 36 heavy (non-hydrogen) atoms. The van der Waals surface area contributed by atoms with Crippen LogP contribution >= 0.6 is 15.9 Å². The number of allylic oxidation sites excluding steroid dienone is 1. The molecule has 1 aromatic rings. The minimum Gasteiger partial charge on any atom is -0.491 e. The number of carbonyl (C=O) groups is 1. The van der Waals surface area contributed by atoms with Crippen molar-refractivity contribution in [1.29, 1.82) is 0 Å². The number of unbranched alkanes of at least 4 members (excludes halogenated alkanes) is 2. The quantitative estimate of drug-likeness (QED) is 0.0934. The van der Waals surface area contributed by atoms with Gasteiger partial charge in [-0.25, -0.2) is 4.79 Å². The fourth-order valence-corrected chi connectivity index (χ4v) is 5.13. The molecule has 0 aromatic heterocycles. The summed E-state index contributed by atoms with van der Waals surface area (Å²) in [6, 6.07) is 9.45. The normalized spacial score (nSPS) is 22.8. The lowest BCUT2D eigenvalue weighted by Crippen LogP contribution is -2.50. The highest BCUT2D eigenvalue weighted by molar-refractivity contribution is 9.09. The molecule has 10 heteroatoms. The van der Waals surface area contributed by atoms with Crippen LogP contribution in [0.1, 0.15) is 44.9 Å². The second kappa shape index (κ2) is 17.8. The zero-order valence-corrected chi connectivity index (χ0v) is 22.2. The molecule has 9 nitrogen and oxygen atoms in total. The Hall–Kier alpha value is -1.53. The van der Waals surface area contributed by atoms with Crippen LogP contribution in [0.15, 0.2) is 42.5 Å². The first-order chi connectivity index (χ1) is 17.2. The first kappa shape index (κ1) is 32.5. The van der Waals surface area contributed by atoms with Crippen molar-refractivity contribution in [3.05, 3.63) is 42.5 Å². The van der Waals surface area contributed by atoms with E-state index >= 15 is 0 Å². The summed E-state index contributed by atoms with van der Waals surface area (Å²) in [5, 5.41) is 54.3. The number of rotatable bonds is 15. The predicted molar refractivity (Wildman–Crippen MR) is 141 cm³/mol. The number of hydrogen-bond donors (Lipinski definition) is 7. The monoisotopic (exact) mass is 575 g/mol. The number of hydrogen-bond acceptors (Lipinski definition) is 8. The minimum atomic E-state index is -1.21. The molecule has 0 unspecified atom stereocenters. The van der Waals surface area contributed by atoms with Gasteiger partial charge in [-0.15, -0.1) is 0 Å². The van der Waals surface area contributed by atoms with E-state index in [-0.39, 0.29) is 18.6 Å². The van der Waals surface area contributed by atoms with E-state index in [2.05, 4.69) is 15.9 Å². The van der Waals surface area contributed by atoms with Crippen molar-refractivity contribution >= 4 is 21.9 Å². The summed E-state index contributed by atoms with van der Waals surface area (Å²) >= 11 is 3.72. The number of carboxylic acid groups (broad SMARTS) is 1. The SMILES string of the molecule is NC(CO)(CO)CO.O=C(O)C=CCCCC[C@@H]1[C@@H](CC[C@@H](O)COc2ccccc2)[C@H](O)C[C@H]1Br. The van der Waals surface area contributed by atoms with Crippen molar-refractivity contribution in [1.82, 2.24) is 0 Å². The Morgan fingerprint density at radius 2 is 1.75 bits per heavy atom. The molecule has 1 saturated carbocycles. The smallest absolute Gasteiger partial charge is 0.327 e. The summed E-state index contributed by atoms with van der Waals surface area (Å²) in [7, 11) is 0. The van der Waals surface area contributed by atoms with Crippen LogP contribution in [-0.4, -0.2) is 85.6 Å². The number of para-hydroxylation sites is 1. The van der Waals surface area contributed by atoms with Crippen LogP contribution in [-0.2, 0) is 4.79 Å². The largest absolute Gasteiger partial charge is 0.491 e. The molecule has 0 amide bonds. The summed E-state index contributed by atoms with van der Waals surface area (Å²) in [4.78, 5) is 10.8. The number of aliphatic hydroxyl groups excluding tert-OH is 5. The van der Waals surface area contributed by atoms with Crippen molar-refractivity contribution in [2.75, 3.05) is 26.4 Å². The van der Waals surface area contributed by atoms with E-state index in [1.54, 1.807) is 6.08 Å². The van der Waals surface area contributed by atoms with Crippen molar-refractivity contribution in [2.24, 2.45) is 17.6 Å². The summed E-state index contributed by atoms with van der Waals surface area (Å²) < 4.78 is 5.61. The lowest BCUT2D eigenvalue weighted by Gasteiger charge is -2.24. The second-order valence-electron chi connectivity index (χ2n) is 9.36. The first-order valence-corrected chi connectivity index (χ1v) is 13.3. The van der Waals surface area contributed by atoms with Gasteiger partial charge in [0.1, 0.15) is 12.4 Å². The number of halogens is 1. The lowest BCUT2D eigenvalue weighted by molar-refractivity contribution is -0.131. The highest BCUT2D eigenvalue weighted by Crippen LogP contribution is 2.42. The molecule has 1 aromatic carbocycles. The topological polar surface area (TPSA) is 174 Å². The highest BCUT2D eigenvalue weighted by Gasteiger charge is 2.40. The Bertz CT molecular complexity index is 738. The van der Waals surface area contributed by atoms with Gasteiger partial charge in [-0.2, -0.15) is 0 Å². The lowest BCUT2D eigenvalue weighted by atomic mass is 9.86. The van der Waals surface area contributed by atoms with Gasteiger partial charge in [0.05, 0.1) is 37.6 Å². The number of aliphatic carboxylic acids is 1. The molecule has 8 N–H and O–H groups in total. The third-order valence-corrected chi connectivity index (χ3v) is 7.41. The van der Waals surface area contributed by atoms with Crippen LogP contribution < -0.4 is 10.5 Å². The summed E-state index contributed by atoms with van der Waals surface area (Å²) in [5.74, 6) is 0.387. The fraction of sp³-hybridized carbons (Fsp3) is 0.654. The summed E-state index contributed by atoms with van der Waals surface area (Å²) in [5.41, 5.74) is 3.94. The molecule has 2 rings (SSSR count). The fourth-order valence-electron chi connectivity index (χ4n) is 4.09. The number of benzene rings is 1. The van der Waals surface area contributed by atoms with E-state index in [4.69, 9.17) is 30.9 Å². The number of alkyl halides is 1. The van der Waals surface area contributed by atoms with Crippen LogP contribution in [0.2, 0.25) is 0 Å². The molecule has 0 spiro atoms. The van der Waals surface area contributed by atoms with Gasteiger partial charge in [-0.3, -0.25) is 0 Å². The molecule has 5 atom stereocenters. The summed E-state index contributed by atoms with van der Waals surface area (Å²) in [6.07, 6.45) is 7.79. The van der Waals surface area contributed by atoms with Crippen LogP contribution in [0.5, 0.6) is 5.75 Å². The van der Waals surface area contributed by atoms with Crippen LogP contribution in [0.25, 0.3) is 0 Å². The van der Waals surface area contributed by atoms with Crippen LogP contribution in [0, 0.1) is 11.8 Å². The van der Waals surface area contributed by atoms with Gasteiger partial charge < -0.3 is 41.1 Å². The molecule has 0 aliphatic heterocycles. The Morgan fingerprint density at radius 3 is 2.31 bits per heavy atom. The van der Waals surface area contributed by atoms with Gasteiger partial charge in [0.2, 0.25) is 0 Å². The Kier molecular flexibility index (Phi) is 16.1. The highest BCUT2D eigenvalue weighted by atomic mass is 79.9. The number of carboxylic acids is 1. The Balaban J connectivity index is 0.000000697. The van der Waals surface area contributed by atoms with Gasteiger partial charge in [0, 0.05) is 10.9 Å². The molecule has 1 aliphatic rings. The van der Waals surface area contributed by atoms with E-state index < -0.39 is 37.4 Å². The maximum absolute atomic E-state index is 10.5.